The van der Waals surface area contributed by atoms with Gasteiger partial charge in [-0.3, -0.25) is 28.1 Å². The number of pyridine rings is 3. The maximum atomic E-state index is 12.0. The molecule has 0 spiro atoms. The number of nitrogens with zero attached hydrogens (tertiary/aromatic N) is 5. The molecule has 0 N–H and O–H groups in total. The summed E-state index contributed by atoms with van der Waals surface area (Å²) < 4.78 is 16.6. The van der Waals surface area contributed by atoms with Crippen LogP contribution in [0.4, 0.5) is 0 Å². The topological polar surface area (TPSA) is 90.9 Å². The molecule has 332 valence electrons. The molecule has 2 saturated heterocycles. The predicted octanol–water partition coefficient (Wildman–Crippen LogP) is 9.34. The monoisotopic (exact) mass is 851 g/mol. The highest BCUT2D eigenvalue weighted by atomic mass is 16.5. The largest absolute Gasteiger partial charge is 0.494 e. The molecule has 0 aliphatic carbocycles. The van der Waals surface area contributed by atoms with Gasteiger partial charge in [0.15, 0.2) is 0 Å². The first-order valence-electron chi connectivity index (χ1n) is 22.8. The van der Waals surface area contributed by atoms with Gasteiger partial charge in [-0.25, -0.2) is 0 Å². The Kier molecular flexibility index (Phi) is 18.2. The molecule has 0 unspecified atom stereocenters. The molecule has 2 aliphatic heterocycles. The quantitative estimate of drug-likeness (QED) is 0.101. The van der Waals surface area contributed by atoms with Crippen molar-refractivity contribution < 1.29 is 9.47 Å². The lowest BCUT2D eigenvalue weighted by molar-refractivity contribution is 0.205. The Morgan fingerprint density at radius 3 is 1.17 bits per heavy atom. The molecule has 2 fully saturated rings. The van der Waals surface area contributed by atoms with E-state index >= 15 is 0 Å². The van der Waals surface area contributed by atoms with E-state index in [2.05, 4.69) is 9.80 Å². The van der Waals surface area contributed by atoms with E-state index in [0.29, 0.717) is 0 Å². The highest BCUT2D eigenvalue weighted by Gasteiger charge is 2.10. The van der Waals surface area contributed by atoms with Crippen molar-refractivity contribution in [2.75, 3.05) is 52.5 Å². The van der Waals surface area contributed by atoms with Crippen molar-refractivity contribution in [1.29, 1.82) is 0 Å². The van der Waals surface area contributed by atoms with Crippen molar-refractivity contribution in [1.82, 2.24) is 23.5 Å². The van der Waals surface area contributed by atoms with E-state index < -0.39 is 0 Å². The van der Waals surface area contributed by atoms with Gasteiger partial charge in [-0.1, -0.05) is 49.2 Å². The Balaban J connectivity index is 0.000000164. The lowest BCUT2D eigenvalue weighted by atomic mass is 10.1. The van der Waals surface area contributed by atoms with Gasteiger partial charge in [0, 0.05) is 60.4 Å². The third-order valence-electron chi connectivity index (χ3n) is 11.4. The van der Waals surface area contributed by atoms with Crippen LogP contribution in [0.1, 0.15) is 74.5 Å². The number of aryl methyl sites for hydroxylation is 3. The van der Waals surface area contributed by atoms with Crippen molar-refractivity contribution in [2.24, 2.45) is 0 Å². The fraction of sp³-hybridized carbons (Fsp3) is 0.377. The first-order valence-corrected chi connectivity index (χ1v) is 22.8. The number of piperidine rings is 2. The molecule has 10 heteroatoms. The van der Waals surface area contributed by atoms with E-state index in [-0.39, 0.29) is 16.7 Å². The van der Waals surface area contributed by atoms with E-state index in [0.717, 1.165) is 77.9 Å². The summed E-state index contributed by atoms with van der Waals surface area (Å²) in [5.74, 6) is 1.72. The molecule has 0 atom stereocenters. The SMILES string of the molecule is Cc1ccc(=O)n(-c2ccc(OCCCCN3CCCCC3)cc2)c1.Cc1ccc(=O)n(-c2ccc(OCCCN3CCCCC3)cc2)c1.Cc1ccc(=O)n(-c2ccccc2)c1. The van der Waals surface area contributed by atoms with E-state index in [9.17, 15) is 14.4 Å². The highest BCUT2D eigenvalue weighted by Crippen LogP contribution is 2.17. The summed E-state index contributed by atoms with van der Waals surface area (Å²) in [5.41, 5.74) is 5.81. The summed E-state index contributed by atoms with van der Waals surface area (Å²) in [6.07, 6.45) is 17.0. The molecule has 3 aromatic carbocycles. The Labute approximate surface area is 373 Å². The average molecular weight is 852 g/mol. The number of para-hydroxylation sites is 1. The van der Waals surface area contributed by atoms with E-state index in [1.807, 2.05) is 136 Å². The molecule has 5 heterocycles. The van der Waals surface area contributed by atoms with E-state index in [4.69, 9.17) is 9.47 Å². The van der Waals surface area contributed by atoms with Crippen LogP contribution in [0.3, 0.4) is 0 Å². The first kappa shape index (κ1) is 46.5. The highest BCUT2D eigenvalue weighted by molar-refractivity contribution is 5.39. The number of hydrogen-bond donors (Lipinski definition) is 0. The second-order valence-electron chi connectivity index (χ2n) is 16.6. The van der Waals surface area contributed by atoms with Crippen molar-refractivity contribution >= 4 is 0 Å². The molecule has 3 aromatic heterocycles. The second-order valence-corrected chi connectivity index (χ2v) is 16.6. The van der Waals surface area contributed by atoms with Crippen LogP contribution in [0.15, 0.2) is 148 Å². The van der Waals surface area contributed by atoms with Gasteiger partial charge in [-0.15, -0.1) is 0 Å². The summed E-state index contributed by atoms with van der Waals surface area (Å²) >= 11 is 0. The van der Waals surface area contributed by atoms with Crippen LogP contribution in [0.5, 0.6) is 11.5 Å². The van der Waals surface area contributed by atoms with Gasteiger partial charge in [0.1, 0.15) is 11.5 Å². The number of benzene rings is 3. The number of aromatic nitrogens is 3. The summed E-state index contributed by atoms with van der Waals surface area (Å²) in [5, 5.41) is 0. The molecule has 0 amide bonds. The number of hydrogen-bond acceptors (Lipinski definition) is 7. The van der Waals surface area contributed by atoms with Crippen LogP contribution in [-0.2, 0) is 0 Å². The lowest BCUT2D eigenvalue weighted by Crippen LogP contribution is -2.31. The molecule has 10 nitrogen and oxygen atoms in total. The summed E-state index contributed by atoms with van der Waals surface area (Å²) in [4.78, 5) is 40.5. The molecule has 6 aromatic rings. The van der Waals surface area contributed by atoms with Crippen LogP contribution in [-0.4, -0.2) is 76.0 Å². The average Bonchev–Trinajstić information content (AvgIpc) is 3.32. The Morgan fingerprint density at radius 2 is 0.762 bits per heavy atom. The van der Waals surface area contributed by atoms with Crippen molar-refractivity contribution in [3.8, 4) is 28.6 Å². The molecule has 63 heavy (non-hydrogen) atoms. The van der Waals surface area contributed by atoms with Crippen molar-refractivity contribution in [2.45, 2.75) is 78.6 Å². The smallest absolute Gasteiger partial charge is 0.255 e. The fourth-order valence-electron chi connectivity index (χ4n) is 7.85. The zero-order chi connectivity index (χ0) is 44.2. The van der Waals surface area contributed by atoms with Gasteiger partial charge < -0.3 is 19.3 Å². The molecule has 0 saturated carbocycles. The van der Waals surface area contributed by atoms with E-state index in [1.165, 1.54) is 77.7 Å². The zero-order valence-electron chi connectivity index (χ0n) is 37.5. The zero-order valence-corrected chi connectivity index (χ0v) is 37.5. The molecule has 0 bridgehead atoms. The first-order chi connectivity index (χ1) is 30.7. The van der Waals surface area contributed by atoms with E-state index in [1.54, 1.807) is 31.9 Å². The summed E-state index contributed by atoms with van der Waals surface area (Å²) in [7, 11) is 0. The minimum absolute atomic E-state index is 0.00167. The molecular formula is C53H65N5O5. The van der Waals surface area contributed by atoms with Crippen LogP contribution in [0.2, 0.25) is 0 Å². The maximum absolute atomic E-state index is 12.0. The summed E-state index contributed by atoms with van der Waals surface area (Å²) in [6.45, 7) is 14.7. The fourth-order valence-corrected chi connectivity index (χ4v) is 7.85. The predicted molar refractivity (Wildman–Crippen MR) is 256 cm³/mol. The number of unbranched alkanes of at least 4 members (excludes halogenated alkanes) is 1. The third-order valence-corrected chi connectivity index (χ3v) is 11.4. The van der Waals surface area contributed by atoms with Crippen LogP contribution < -0.4 is 26.2 Å². The normalized spacial score (nSPS) is 14.1. The second kappa shape index (κ2) is 24.6. The molecule has 0 radical (unpaired) electrons. The minimum Gasteiger partial charge on any atom is -0.494 e. The molecule has 2 aliphatic rings. The van der Waals surface area contributed by atoms with Gasteiger partial charge in [0.25, 0.3) is 16.7 Å². The van der Waals surface area contributed by atoms with Gasteiger partial charge in [-0.2, -0.15) is 0 Å². The summed E-state index contributed by atoms with van der Waals surface area (Å²) in [6, 6.07) is 35.4. The van der Waals surface area contributed by atoms with Crippen molar-refractivity contribution in [3.63, 3.8) is 0 Å². The van der Waals surface area contributed by atoms with Gasteiger partial charge in [0.2, 0.25) is 0 Å². The lowest BCUT2D eigenvalue weighted by Gasteiger charge is -2.26. The molecule has 8 rings (SSSR count). The van der Waals surface area contributed by atoms with Crippen molar-refractivity contribution in [3.05, 3.63) is 182 Å². The Hall–Kier alpha value is -5.97. The number of rotatable bonds is 14. The van der Waals surface area contributed by atoms with Crippen LogP contribution in [0.25, 0.3) is 17.1 Å². The van der Waals surface area contributed by atoms with Gasteiger partial charge in [0.05, 0.1) is 13.2 Å². The third kappa shape index (κ3) is 15.1. The Bertz CT molecular complexity index is 2450. The minimum atomic E-state index is -0.0178. The molecular weight excluding hydrogens is 787 g/mol. The maximum Gasteiger partial charge on any atom is 0.255 e. The van der Waals surface area contributed by atoms with Gasteiger partial charge in [-0.05, 0) is 176 Å². The van der Waals surface area contributed by atoms with Crippen LogP contribution in [0, 0.1) is 20.8 Å². The Morgan fingerprint density at radius 1 is 0.397 bits per heavy atom. The van der Waals surface area contributed by atoms with Crippen LogP contribution >= 0.6 is 0 Å². The number of likely N-dealkylation sites (tertiary alicyclic amines) is 2. The number of ether oxygens (including phenoxy) is 2. The van der Waals surface area contributed by atoms with Gasteiger partial charge >= 0.3 is 0 Å². The standard InChI is InChI=1S/C21H28N2O2.C20H26N2O2.C12H11NO/c1-18-7-12-21(24)23(17-18)19-8-10-20(11-9-19)25-16-6-5-15-22-13-3-2-4-14-22;1-17-6-11-20(23)22(16-17)18-7-9-19(10-8-18)24-15-5-14-21-12-3-2-4-13-21;1-10-7-8-12(14)13(9-10)11-5-3-2-4-6-11/h7-12,17H,2-6,13-16H2,1H3;6-11,16H,2-5,12-15H2,1H3;2-9H,1H3.